The number of likely N-dealkylation sites (tertiary alicyclic amines) is 1. The first-order valence-corrected chi connectivity index (χ1v) is 8.24. The number of urea groups is 1. The Kier molecular flexibility index (Phi) is 6.87. The molecule has 1 aromatic carbocycles. The summed E-state index contributed by atoms with van der Waals surface area (Å²) < 4.78 is 0. The van der Waals surface area contributed by atoms with Crippen LogP contribution in [0.3, 0.4) is 0 Å². The van der Waals surface area contributed by atoms with Crippen LogP contribution < -0.4 is 16.0 Å². The van der Waals surface area contributed by atoms with E-state index in [-0.39, 0.29) is 17.9 Å². The van der Waals surface area contributed by atoms with Gasteiger partial charge in [-0.1, -0.05) is 18.2 Å². The highest BCUT2D eigenvalue weighted by Gasteiger charge is 2.28. The summed E-state index contributed by atoms with van der Waals surface area (Å²) in [4.78, 5) is 26.2. The van der Waals surface area contributed by atoms with Crippen LogP contribution in [0.4, 0.5) is 10.5 Å². The number of amides is 3. The number of piperidine rings is 1. The first-order chi connectivity index (χ1) is 11.2. The summed E-state index contributed by atoms with van der Waals surface area (Å²) in [7, 11) is 1.90. The summed E-state index contributed by atoms with van der Waals surface area (Å²) in [5, 5.41) is 8.89. The van der Waals surface area contributed by atoms with Crippen molar-refractivity contribution in [2.75, 3.05) is 38.5 Å². The van der Waals surface area contributed by atoms with Crippen LogP contribution in [0.2, 0.25) is 0 Å². The summed E-state index contributed by atoms with van der Waals surface area (Å²) in [5.74, 6) is -0.0572. The third-order valence-corrected chi connectivity index (χ3v) is 4.01. The van der Waals surface area contributed by atoms with Crippen molar-refractivity contribution in [2.24, 2.45) is 5.92 Å². The highest BCUT2D eigenvalue weighted by molar-refractivity contribution is 5.90. The Hall–Kier alpha value is -2.08. The first-order valence-electron chi connectivity index (χ1n) is 8.24. The number of hydrogen-bond donors (Lipinski definition) is 3. The lowest BCUT2D eigenvalue weighted by Crippen LogP contribution is -2.47. The minimum Gasteiger partial charge on any atom is -0.356 e. The number of nitrogens with one attached hydrogen (secondary N) is 3. The van der Waals surface area contributed by atoms with E-state index >= 15 is 0 Å². The van der Waals surface area contributed by atoms with E-state index in [2.05, 4.69) is 16.0 Å². The number of rotatable bonds is 6. The van der Waals surface area contributed by atoms with Crippen molar-refractivity contribution < 1.29 is 9.59 Å². The van der Waals surface area contributed by atoms with Gasteiger partial charge in [0.1, 0.15) is 0 Å². The summed E-state index contributed by atoms with van der Waals surface area (Å²) in [6, 6.07) is 9.25. The topological polar surface area (TPSA) is 73.5 Å². The fourth-order valence-electron chi connectivity index (χ4n) is 2.72. The van der Waals surface area contributed by atoms with E-state index < -0.39 is 0 Å². The normalized spacial score (nSPS) is 17.6. The maximum Gasteiger partial charge on any atom is 0.321 e. The van der Waals surface area contributed by atoms with E-state index in [1.54, 1.807) is 4.90 Å². The molecule has 1 unspecified atom stereocenters. The van der Waals surface area contributed by atoms with Gasteiger partial charge < -0.3 is 20.9 Å². The van der Waals surface area contributed by atoms with Crippen LogP contribution in [-0.2, 0) is 4.79 Å². The largest absolute Gasteiger partial charge is 0.356 e. The SMILES string of the molecule is CNCCCNC(=O)C1CCCN(C(=O)Nc2ccccc2)C1. The summed E-state index contributed by atoms with van der Waals surface area (Å²) in [6.45, 7) is 2.74. The number of anilines is 1. The van der Waals surface area contributed by atoms with Crippen molar-refractivity contribution in [1.82, 2.24) is 15.5 Å². The molecule has 0 saturated carbocycles. The quantitative estimate of drug-likeness (QED) is 0.698. The zero-order valence-electron chi connectivity index (χ0n) is 13.7. The maximum atomic E-state index is 12.3. The van der Waals surface area contributed by atoms with Gasteiger partial charge in [0, 0.05) is 25.3 Å². The van der Waals surface area contributed by atoms with Crippen molar-refractivity contribution in [3.05, 3.63) is 30.3 Å². The van der Waals surface area contributed by atoms with Gasteiger partial charge in [0.15, 0.2) is 0 Å². The molecule has 0 aromatic heterocycles. The highest BCUT2D eigenvalue weighted by atomic mass is 16.2. The third kappa shape index (κ3) is 5.56. The number of para-hydroxylation sites is 1. The Bertz CT molecular complexity index is 507. The maximum absolute atomic E-state index is 12.3. The molecule has 1 atom stereocenters. The number of hydrogen-bond acceptors (Lipinski definition) is 3. The van der Waals surface area contributed by atoms with Gasteiger partial charge in [0.2, 0.25) is 5.91 Å². The lowest BCUT2D eigenvalue weighted by Gasteiger charge is -2.32. The van der Waals surface area contributed by atoms with E-state index in [1.807, 2.05) is 37.4 Å². The van der Waals surface area contributed by atoms with Crippen LogP contribution in [0.25, 0.3) is 0 Å². The van der Waals surface area contributed by atoms with E-state index in [1.165, 1.54) is 0 Å². The molecule has 0 aliphatic carbocycles. The second kappa shape index (κ2) is 9.15. The smallest absolute Gasteiger partial charge is 0.321 e. The molecule has 2 rings (SSSR count). The Balaban J connectivity index is 1.80. The van der Waals surface area contributed by atoms with Crippen LogP contribution in [0, 0.1) is 5.92 Å². The molecule has 1 aliphatic rings. The number of carbonyl (C=O) groups is 2. The monoisotopic (exact) mass is 318 g/mol. The average Bonchev–Trinajstić information content (AvgIpc) is 2.59. The van der Waals surface area contributed by atoms with E-state index in [4.69, 9.17) is 0 Å². The minimum absolute atomic E-state index is 0.0540. The molecule has 1 saturated heterocycles. The predicted octanol–water partition coefficient (Wildman–Crippen LogP) is 1.66. The lowest BCUT2D eigenvalue weighted by atomic mass is 9.97. The Morgan fingerprint density at radius 3 is 2.74 bits per heavy atom. The van der Waals surface area contributed by atoms with Gasteiger partial charge in [0.05, 0.1) is 5.92 Å². The zero-order chi connectivity index (χ0) is 16.5. The fraction of sp³-hybridized carbons (Fsp3) is 0.529. The van der Waals surface area contributed by atoms with Crippen molar-refractivity contribution in [2.45, 2.75) is 19.3 Å². The second-order valence-corrected chi connectivity index (χ2v) is 5.83. The standard InChI is InChI=1S/C17H26N4O2/c1-18-10-6-11-19-16(22)14-7-5-12-21(13-14)17(23)20-15-8-3-2-4-9-15/h2-4,8-9,14,18H,5-7,10-13H2,1H3,(H,19,22)(H,20,23). The van der Waals surface area contributed by atoms with Crippen molar-refractivity contribution in [3.8, 4) is 0 Å². The van der Waals surface area contributed by atoms with Gasteiger partial charge in [-0.2, -0.15) is 0 Å². The van der Waals surface area contributed by atoms with Gasteiger partial charge >= 0.3 is 6.03 Å². The van der Waals surface area contributed by atoms with Gasteiger partial charge in [0.25, 0.3) is 0 Å². The Labute approximate surface area is 137 Å². The number of benzene rings is 1. The molecule has 23 heavy (non-hydrogen) atoms. The number of carbonyl (C=O) groups excluding carboxylic acids is 2. The molecule has 1 aromatic rings. The predicted molar refractivity (Wildman–Crippen MR) is 91.3 cm³/mol. The van der Waals surface area contributed by atoms with Crippen molar-refractivity contribution in [3.63, 3.8) is 0 Å². The van der Waals surface area contributed by atoms with E-state index in [0.29, 0.717) is 19.6 Å². The van der Waals surface area contributed by atoms with Gasteiger partial charge in [-0.25, -0.2) is 4.79 Å². The van der Waals surface area contributed by atoms with Crippen molar-refractivity contribution in [1.29, 1.82) is 0 Å². The average molecular weight is 318 g/mol. The Morgan fingerprint density at radius 2 is 2.00 bits per heavy atom. The zero-order valence-corrected chi connectivity index (χ0v) is 13.7. The molecule has 1 heterocycles. The van der Waals surface area contributed by atoms with E-state index in [0.717, 1.165) is 31.5 Å². The Morgan fingerprint density at radius 1 is 1.22 bits per heavy atom. The molecule has 6 nitrogen and oxygen atoms in total. The lowest BCUT2D eigenvalue weighted by molar-refractivity contribution is -0.126. The first kappa shape index (κ1) is 17.3. The summed E-state index contributed by atoms with van der Waals surface area (Å²) >= 11 is 0. The second-order valence-electron chi connectivity index (χ2n) is 5.83. The van der Waals surface area contributed by atoms with E-state index in [9.17, 15) is 9.59 Å². The minimum atomic E-state index is -0.135. The molecule has 1 aliphatic heterocycles. The molecule has 1 fully saturated rings. The molecule has 0 radical (unpaired) electrons. The third-order valence-electron chi connectivity index (χ3n) is 4.01. The van der Waals surface area contributed by atoms with Crippen LogP contribution in [0.5, 0.6) is 0 Å². The highest BCUT2D eigenvalue weighted by Crippen LogP contribution is 2.18. The molecular weight excluding hydrogens is 292 g/mol. The molecule has 6 heteroatoms. The van der Waals surface area contributed by atoms with Gasteiger partial charge in [-0.3, -0.25) is 4.79 Å². The van der Waals surface area contributed by atoms with Crippen LogP contribution in [0.1, 0.15) is 19.3 Å². The fourth-order valence-corrected chi connectivity index (χ4v) is 2.72. The van der Waals surface area contributed by atoms with Gasteiger partial charge in [-0.05, 0) is 45.0 Å². The molecular formula is C17H26N4O2. The molecule has 0 bridgehead atoms. The molecule has 3 N–H and O–H groups in total. The van der Waals surface area contributed by atoms with Crippen molar-refractivity contribution >= 4 is 17.6 Å². The van der Waals surface area contributed by atoms with Crippen LogP contribution in [0.15, 0.2) is 30.3 Å². The summed E-state index contributed by atoms with van der Waals surface area (Å²) in [5.41, 5.74) is 0.774. The van der Waals surface area contributed by atoms with Crippen LogP contribution >= 0.6 is 0 Å². The molecule has 0 spiro atoms. The van der Waals surface area contributed by atoms with Gasteiger partial charge in [-0.15, -0.1) is 0 Å². The number of nitrogens with zero attached hydrogens (tertiary/aromatic N) is 1. The molecule has 126 valence electrons. The summed E-state index contributed by atoms with van der Waals surface area (Å²) in [6.07, 6.45) is 2.61. The van der Waals surface area contributed by atoms with Crippen LogP contribution in [-0.4, -0.2) is 50.1 Å². The molecule has 3 amide bonds.